The second-order valence-electron chi connectivity index (χ2n) is 5.22. The van der Waals surface area contributed by atoms with Crippen molar-refractivity contribution in [1.29, 1.82) is 0 Å². The van der Waals surface area contributed by atoms with Gasteiger partial charge in [-0.25, -0.2) is 4.98 Å². The Hall–Kier alpha value is -0.490. The fourth-order valence-electron chi connectivity index (χ4n) is 2.69. The summed E-state index contributed by atoms with van der Waals surface area (Å²) in [5.41, 5.74) is 7.10. The number of aromatic nitrogens is 1. The third-order valence-corrected chi connectivity index (χ3v) is 4.78. The quantitative estimate of drug-likeness (QED) is 0.868. The van der Waals surface area contributed by atoms with Crippen LogP contribution in [0.15, 0.2) is 5.38 Å². The van der Waals surface area contributed by atoms with Gasteiger partial charge in [0.05, 0.1) is 16.8 Å². The minimum atomic E-state index is 0.371. The SMILES string of the molecule is CCCc1nc(CN2CCC(OC)CC2CN)cs1. The van der Waals surface area contributed by atoms with E-state index in [0.29, 0.717) is 18.7 Å². The van der Waals surface area contributed by atoms with Crippen molar-refractivity contribution in [2.45, 2.75) is 51.3 Å². The van der Waals surface area contributed by atoms with Gasteiger partial charge in [0.1, 0.15) is 0 Å². The summed E-state index contributed by atoms with van der Waals surface area (Å²) < 4.78 is 5.46. The normalized spacial score (nSPS) is 24.8. The zero-order valence-corrected chi connectivity index (χ0v) is 12.8. The van der Waals surface area contributed by atoms with E-state index in [4.69, 9.17) is 15.5 Å². The molecule has 108 valence electrons. The lowest BCUT2D eigenvalue weighted by Crippen LogP contribution is -2.48. The van der Waals surface area contributed by atoms with E-state index < -0.39 is 0 Å². The first kappa shape index (κ1) is 14.9. The van der Waals surface area contributed by atoms with Crippen molar-refractivity contribution in [2.24, 2.45) is 5.73 Å². The van der Waals surface area contributed by atoms with E-state index in [-0.39, 0.29) is 0 Å². The van der Waals surface area contributed by atoms with Crippen LogP contribution >= 0.6 is 11.3 Å². The Kier molecular flexibility index (Phi) is 5.76. The van der Waals surface area contributed by atoms with Gasteiger partial charge in [-0.3, -0.25) is 4.90 Å². The van der Waals surface area contributed by atoms with Gasteiger partial charge >= 0.3 is 0 Å². The number of likely N-dealkylation sites (tertiary alicyclic amines) is 1. The highest BCUT2D eigenvalue weighted by Crippen LogP contribution is 2.22. The fourth-order valence-corrected chi connectivity index (χ4v) is 3.58. The minimum absolute atomic E-state index is 0.371. The van der Waals surface area contributed by atoms with Crippen molar-refractivity contribution < 1.29 is 4.74 Å². The molecule has 19 heavy (non-hydrogen) atoms. The van der Waals surface area contributed by atoms with Crippen LogP contribution in [0.25, 0.3) is 0 Å². The van der Waals surface area contributed by atoms with Crippen LogP contribution in [0.1, 0.15) is 36.9 Å². The Bertz CT molecular complexity index is 383. The number of rotatable bonds is 6. The van der Waals surface area contributed by atoms with E-state index in [1.807, 2.05) is 0 Å². The second-order valence-corrected chi connectivity index (χ2v) is 6.17. The van der Waals surface area contributed by atoms with Gasteiger partial charge in [0.2, 0.25) is 0 Å². The Balaban J connectivity index is 1.93. The Morgan fingerprint density at radius 2 is 2.42 bits per heavy atom. The number of ether oxygens (including phenoxy) is 1. The van der Waals surface area contributed by atoms with Crippen LogP contribution < -0.4 is 5.73 Å². The van der Waals surface area contributed by atoms with E-state index >= 15 is 0 Å². The molecule has 0 aliphatic carbocycles. The monoisotopic (exact) mass is 283 g/mol. The van der Waals surface area contributed by atoms with Gasteiger partial charge in [-0.2, -0.15) is 0 Å². The summed E-state index contributed by atoms with van der Waals surface area (Å²) in [6, 6.07) is 0.426. The summed E-state index contributed by atoms with van der Waals surface area (Å²) in [6.07, 6.45) is 4.77. The molecule has 1 aromatic rings. The maximum absolute atomic E-state index is 5.90. The Labute approximate surface area is 120 Å². The maximum Gasteiger partial charge on any atom is 0.0928 e. The first-order chi connectivity index (χ1) is 9.26. The summed E-state index contributed by atoms with van der Waals surface area (Å²) in [4.78, 5) is 7.17. The Morgan fingerprint density at radius 3 is 3.11 bits per heavy atom. The summed E-state index contributed by atoms with van der Waals surface area (Å²) in [5, 5.41) is 3.45. The van der Waals surface area contributed by atoms with Crippen LogP contribution in [0.5, 0.6) is 0 Å². The van der Waals surface area contributed by atoms with Crippen molar-refractivity contribution in [3.05, 3.63) is 16.1 Å². The van der Waals surface area contributed by atoms with Crippen LogP contribution in [-0.2, 0) is 17.7 Å². The van der Waals surface area contributed by atoms with Crippen molar-refractivity contribution in [1.82, 2.24) is 9.88 Å². The number of hydrogen-bond acceptors (Lipinski definition) is 5. The molecule has 5 heteroatoms. The molecule has 0 radical (unpaired) electrons. The van der Waals surface area contributed by atoms with Gasteiger partial charge in [0, 0.05) is 38.2 Å². The molecule has 2 rings (SSSR count). The van der Waals surface area contributed by atoms with Crippen molar-refractivity contribution in [3.63, 3.8) is 0 Å². The second kappa shape index (κ2) is 7.33. The van der Waals surface area contributed by atoms with E-state index in [2.05, 4.69) is 17.2 Å². The predicted molar refractivity (Wildman–Crippen MR) is 79.4 cm³/mol. The number of hydrogen-bond donors (Lipinski definition) is 1. The molecule has 1 fully saturated rings. The zero-order valence-electron chi connectivity index (χ0n) is 12.0. The molecule has 1 aromatic heterocycles. The standard InChI is InChI=1S/C14H25N3OS/c1-3-4-14-16-11(10-19-14)9-17-6-5-13(18-2)7-12(17)8-15/h10,12-13H,3-9,15H2,1-2H3. The van der Waals surface area contributed by atoms with E-state index in [0.717, 1.165) is 38.8 Å². The van der Waals surface area contributed by atoms with Gasteiger partial charge < -0.3 is 10.5 Å². The van der Waals surface area contributed by atoms with Crippen LogP contribution in [0.3, 0.4) is 0 Å². The van der Waals surface area contributed by atoms with E-state index in [9.17, 15) is 0 Å². The summed E-state index contributed by atoms with van der Waals surface area (Å²) in [5.74, 6) is 0. The lowest BCUT2D eigenvalue weighted by molar-refractivity contribution is 0.00983. The molecule has 2 atom stereocenters. The van der Waals surface area contributed by atoms with Crippen molar-refractivity contribution in [2.75, 3.05) is 20.2 Å². The minimum Gasteiger partial charge on any atom is -0.381 e. The molecular weight excluding hydrogens is 258 g/mol. The first-order valence-corrected chi connectivity index (χ1v) is 8.05. The molecule has 0 bridgehead atoms. The molecular formula is C14H25N3OS. The van der Waals surface area contributed by atoms with Crippen LogP contribution in [-0.4, -0.2) is 42.2 Å². The Morgan fingerprint density at radius 1 is 1.58 bits per heavy atom. The van der Waals surface area contributed by atoms with Crippen LogP contribution in [0, 0.1) is 0 Å². The maximum atomic E-state index is 5.90. The first-order valence-electron chi connectivity index (χ1n) is 7.17. The summed E-state index contributed by atoms with van der Waals surface area (Å²) >= 11 is 1.78. The molecule has 2 N–H and O–H groups in total. The number of thiazole rings is 1. The molecule has 0 spiro atoms. The lowest BCUT2D eigenvalue weighted by atomic mass is 9.99. The number of nitrogens with zero attached hydrogens (tertiary/aromatic N) is 2. The predicted octanol–water partition coefficient (Wildman–Crippen LogP) is 2.03. The van der Waals surface area contributed by atoms with Crippen molar-refractivity contribution in [3.8, 4) is 0 Å². The molecule has 1 saturated heterocycles. The molecule has 1 aliphatic heterocycles. The zero-order chi connectivity index (χ0) is 13.7. The van der Waals surface area contributed by atoms with Crippen LogP contribution in [0.2, 0.25) is 0 Å². The van der Waals surface area contributed by atoms with Crippen molar-refractivity contribution >= 4 is 11.3 Å². The third kappa shape index (κ3) is 3.99. The molecule has 0 aromatic carbocycles. The smallest absolute Gasteiger partial charge is 0.0928 e. The average Bonchev–Trinajstić information content (AvgIpc) is 2.87. The van der Waals surface area contributed by atoms with Gasteiger partial charge in [-0.05, 0) is 25.7 Å². The highest BCUT2D eigenvalue weighted by molar-refractivity contribution is 7.09. The largest absolute Gasteiger partial charge is 0.381 e. The van der Waals surface area contributed by atoms with Gasteiger partial charge in [0.25, 0.3) is 0 Å². The summed E-state index contributed by atoms with van der Waals surface area (Å²) in [6.45, 7) is 4.88. The van der Waals surface area contributed by atoms with Crippen LogP contribution in [0.4, 0.5) is 0 Å². The van der Waals surface area contributed by atoms with Gasteiger partial charge in [0.15, 0.2) is 0 Å². The number of aryl methyl sites for hydroxylation is 1. The molecule has 2 unspecified atom stereocenters. The molecule has 2 heterocycles. The topological polar surface area (TPSA) is 51.4 Å². The number of nitrogens with two attached hydrogens (primary N) is 1. The molecule has 4 nitrogen and oxygen atoms in total. The van der Waals surface area contributed by atoms with E-state index in [1.54, 1.807) is 18.4 Å². The highest BCUT2D eigenvalue weighted by Gasteiger charge is 2.27. The number of piperidine rings is 1. The van der Waals surface area contributed by atoms with Gasteiger partial charge in [-0.1, -0.05) is 6.92 Å². The van der Waals surface area contributed by atoms with Gasteiger partial charge in [-0.15, -0.1) is 11.3 Å². The van der Waals surface area contributed by atoms with E-state index in [1.165, 1.54) is 10.7 Å². The third-order valence-electron chi connectivity index (χ3n) is 3.82. The lowest BCUT2D eigenvalue weighted by Gasteiger charge is -2.38. The molecule has 1 aliphatic rings. The highest BCUT2D eigenvalue weighted by atomic mass is 32.1. The fraction of sp³-hybridized carbons (Fsp3) is 0.786. The number of methoxy groups -OCH3 is 1. The average molecular weight is 283 g/mol. The molecule has 0 amide bonds. The molecule has 0 saturated carbocycles. The summed E-state index contributed by atoms with van der Waals surface area (Å²) in [7, 11) is 1.80.